The maximum atomic E-state index is 12.1. The number of hydrogen-bond donors (Lipinski definition) is 1. The first-order chi connectivity index (χ1) is 9.19. The van der Waals surface area contributed by atoms with Gasteiger partial charge in [0, 0.05) is 26.7 Å². The molecule has 0 aliphatic carbocycles. The maximum absolute atomic E-state index is 12.1. The number of rotatable bonds is 8. The van der Waals surface area contributed by atoms with E-state index >= 15 is 0 Å². The van der Waals surface area contributed by atoms with Gasteiger partial charge in [0.15, 0.2) is 0 Å². The van der Waals surface area contributed by atoms with Gasteiger partial charge in [-0.25, -0.2) is 0 Å². The van der Waals surface area contributed by atoms with Crippen molar-refractivity contribution in [1.82, 2.24) is 10.2 Å². The van der Waals surface area contributed by atoms with Gasteiger partial charge in [-0.3, -0.25) is 4.79 Å². The van der Waals surface area contributed by atoms with E-state index in [2.05, 4.69) is 24.4 Å². The fourth-order valence-electron chi connectivity index (χ4n) is 1.85. The third kappa shape index (κ3) is 6.37. The van der Waals surface area contributed by atoms with E-state index in [0.717, 1.165) is 6.54 Å². The summed E-state index contributed by atoms with van der Waals surface area (Å²) < 4.78 is 4.93. The zero-order valence-corrected chi connectivity index (χ0v) is 13.3. The SMILES string of the molecule is CCN(Cc1ccccc1C)C(=O)CNCCOC.Cl. The molecule has 0 aromatic heterocycles. The van der Waals surface area contributed by atoms with E-state index in [1.807, 2.05) is 24.0 Å². The Morgan fingerprint density at radius 1 is 1.35 bits per heavy atom. The largest absolute Gasteiger partial charge is 0.383 e. The van der Waals surface area contributed by atoms with E-state index < -0.39 is 0 Å². The summed E-state index contributed by atoms with van der Waals surface area (Å²) in [5.74, 6) is 0.127. The number of carbonyl (C=O) groups excluding carboxylic acids is 1. The summed E-state index contributed by atoms with van der Waals surface area (Å²) in [7, 11) is 1.65. The molecule has 0 radical (unpaired) electrons. The second-order valence-corrected chi connectivity index (χ2v) is 4.50. The van der Waals surface area contributed by atoms with Gasteiger partial charge in [-0.05, 0) is 25.0 Å². The van der Waals surface area contributed by atoms with Crippen molar-refractivity contribution in [2.45, 2.75) is 20.4 Å². The first-order valence-corrected chi connectivity index (χ1v) is 6.71. The topological polar surface area (TPSA) is 41.6 Å². The molecule has 1 N–H and O–H groups in total. The number of nitrogens with zero attached hydrogens (tertiary/aromatic N) is 1. The average molecular weight is 301 g/mol. The molecule has 0 saturated heterocycles. The number of ether oxygens (including phenoxy) is 1. The lowest BCUT2D eigenvalue weighted by Gasteiger charge is -2.22. The van der Waals surface area contributed by atoms with Crippen LogP contribution in [0.3, 0.4) is 0 Å². The number of benzene rings is 1. The van der Waals surface area contributed by atoms with Crippen molar-refractivity contribution in [3.63, 3.8) is 0 Å². The van der Waals surface area contributed by atoms with Crippen LogP contribution in [-0.2, 0) is 16.1 Å². The van der Waals surface area contributed by atoms with Crippen molar-refractivity contribution < 1.29 is 9.53 Å². The molecule has 0 spiro atoms. The fourth-order valence-corrected chi connectivity index (χ4v) is 1.85. The van der Waals surface area contributed by atoms with Gasteiger partial charge < -0.3 is 15.0 Å². The van der Waals surface area contributed by atoms with Crippen LogP contribution in [0.4, 0.5) is 0 Å². The molecule has 0 atom stereocenters. The lowest BCUT2D eigenvalue weighted by atomic mass is 10.1. The predicted molar refractivity (Wildman–Crippen MR) is 84.3 cm³/mol. The molecule has 0 saturated carbocycles. The summed E-state index contributed by atoms with van der Waals surface area (Å²) in [6.45, 7) is 7.16. The van der Waals surface area contributed by atoms with E-state index in [0.29, 0.717) is 26.2 Å². The third-order valence-corrected chi connectivity index (χ3v) is 3.12. The highest BCUT2D eigenvalue weighted by molar-refractivity contribution is 5.85. The number of aryl methyl sites for hydroxylation is 1. The Labute approximate surface area is 127 Å². The molecule has 0 unspecified atom stereocenters. The number of likely N-dealkylation sites (N-methyl/N-ethyl adjacent to an activating group) is 1. The van der Waals surface area contributed by atoms with Gasteiger partial charge in [0.05, 0.1) is 13.2 Å². The number of nitrogens with one attached hydrogen (secondary N) is 1. The number of amides is 1. The first kappa shape index (κ1) is 18.9. The van der Waals surface area contributed by atoms with Crippen LogP contribution in [0.2, 0.25) is 0 Å². The third-order valence-electron chi connectivity index (χ3n) is 3.12. The van der Waals surface area contributed by atoms with Crippen LogP contribution in [-0.4, -0.2) is 44.2 Å². The lowest BCUT2D eigenvalue weighted by molar-refractivity contribution is -0.130. The quantitative estimate of drug-likeness (QED) is 0.747. The summed E-state index contributed by atoms with van der Waals surface area (Å²) in [6, 6.07) is 8.18. The second kappa shape index (κ2) is 10.7. The summed E-state index contributed by atoms with van der Waals surface area (Å²) >= 11 is 0. The van der Waals surface area contributed by atoms with Crippen LogP contribution in [0.15, 0.2) is 24.3 Å². The van der Waals surface area contributed by atoms with Gasteiger partial charge in [0.25, 0.3) is 0 Å². The molecule has 20 heavy (non-hydrogen) atoms. The average Bonchev–Trinajstić information content (AvgIpc) is 2.42. The smallest absolute Gasteiger partial charge is 0.236 e. The Kier molecular flexibility index (Phi) is 10.1. The summed E-state index contributed by atoms with van der Waals surface area (Å²) in [6.07, 6.45) is 0. The van der Waals surface area contributed by atoms with Crippen molar-refractivity contribution in [2.24, 2.45) is 0 Å². The molecule has 114 valence electrons. The Bertz CT molecular complexity index is 399. The van der Waals surface area contributed by atoms with Crippen molar-refractivity contribution in [1.29, 1.82) is 0 Å². The fraction of sp³-hybridized carbons (Fsp3) is 0.533. The van der Waals surface area contributed by atoms with Crippen LogP contribution in [0.1, 0.15) is 18.1 Å². The van der Waals surface area contributed by atoms with Gasteiger partial charge in [-0.2, -0.15) is 0 Å². The number of hydrogen-bond acceptors (Lipinski definition) is 3. The van der Waals surface area contributed by atoms with Gasteiger partial charge >= 0.3 is 0 Å². The highest BCUT2D eigenvalue weighted by atomic mass is 35.5. The van der Waals surface area contributed by atoms with Gasteiger partial charge in [0.1, 0.15) is 0 Å². The number of methoxy groups -OCH3 is 1. The van der Waals surface area contributed by atoms with Crippen molar-refractivity contribution >= 4 is 18.3 Å². The molecule has 1 aromatic carbocycles. The Morgan fingerprint density at radius 2 is 2.05 bits per heavy atom. The highest BCUT2D eigenvalue weighted by Gasteiger charge is 2.12. The molecule has 0 aliphatic heterocycles. The minimum absolute atomic E-state index is 0. The summed E-state index contributed by atoms with van der Waals surface area (Å²) in [5, 5.41) is 3.09. The molecule has 1 aromatic rings. The highest BCUT2D eigenvalue weighted by Crippen LogP contribution is 2.10. The summed E-state index contributed by atoms with van der Waals surface area (Å²) in [5.41, 5.74) is 2.43. The molecular weight excluding hydrogens is 276 g/mol. The monoisotopic (exact) mass is 300 g/mol. The van der Waals surface area contributed by atoms with Crippen molar-refractivity contribution in [3.8, 4) is 0 Å². The second-order valence-electron chi connectivity index (χ2n) is 4.50. The molecular formula is C15H25ClN2O2. The molecule has 1 amide bonds. The number of halogens is 1. The standard InChI is InChI=1S/C15H24N2O2.ClH/c1-4-17(15(18)11-16-9-10-19-3)12-14-8-6-5-7-13(14)2;/h5-8,16H,4,9-12H2,1-3H3;1H. The lowest BCUT2D eigenvalue weighted by Crippen LogP contribution is -2.38. The Morgan fingerprint density at radius 3 is 2.65 bits per heavy atom. The van der Waals surface area contributed by atoms with Crippen molar-refractivity contribution in [2.75, 3.05) is 33.4 Å². The Balaban J connectivity index is 0.00000361. The van der Waals surface area contributed by atoms with E-state index in [4.69, 9.17) is 4.74 Å². The molecule has 0 heterocycles. The van der Waals surface area contributed by atoms with Crippen LogP contribution >= 0.6 is 12.4 Å². The zero-order chi connectivity index (χ0) is 14.1. The molecule has 0 bridgehead atoms. The molecule has 4 nitrogen and oxygen atoms in total. The van der Waals surface area contributed by atoms with Crippen LogP contribution in [0.25, 0.3) is 0 Å². The maximum Gasteiger partial charge on any atom is 0.236 e. The van der Waals surface area contributed by atoms with E-state index in [1.165, 1.54) is 11.1 Å². The van der Waals surface area contributed by atoms with E-state index in [-0.39, 0.29) is 18.3 Å². The van der Waals surface area contributed by atoms with Crippen LogP contribution in [0.5, 0.6) is 0 Å². The Hall–Kier alpha value is -1.10. The molecule has 1 rings (SSSR count). The van der Waals surface area contributed by atoms with Gasteiger partial charge in [0.2, 0.25) is 5.91 Å². The normalized spacial score (nSPS) is 9.95. The zero-order valence-electron chi connectivity index (χ0n) is 12.5. The predicted octanol–water partition coefficient (Wildman–Crippen LogP) is 2.00. The number of carbonyl (C=O) groups is 1. The minimum Gasteiger partial charge on any atom is -0.383 e. The molecule has 0 aliphatic rings. The minimum atomic E-state index is 0. The summed E-state index contributed by atoms with van der Waals surface area (Å²) in [4.78, 5) is 13.9. The van der Waals surface area contributed by atoms with Crippen molar-refractivity contribution in [3.05, 3.63) is 35.4 Å². The van der Waals surface area contributed by atoms with E-state index in [9.17, 15) is 4.79 Å². The molecule has 0 fully saturated rings. The van der Waals surface area contributed by atoms with E-state index in [1.54, 1.807) is 7.11 Å². The van der Waals surface area contributed by atoms with Gasteiger partial charge in [-0.15, -0.1) is 12.4 Å². The van der Waals surface area contributed by atoms with Crippen LogP contribution in [0, 0.1) is 6.92 Å². The molecule has 5 heteroatoms. The first-order valence-electron chi connectivity index (χ1n) is 6.71. The van der Waals surface area contributed by atoms with Gasteiger partial charge in [-0.1, -0.05) is 24.3 Å². The van der Waals surface area contributed by atoms with Crippen LogP contribution < -0.4 is 5.32 Å².